The van der Waals surface area contributed by atoms with Crippen LogP contribution >= 0.6 is 0 Å². The van der Waals surface area contributed by atoms with Gasteiger partial charge in [-0.25, -0.2) is 4.79 Å². The Balaban J connectivity index is 2.63. The molecule has 1 rings (SSSR count). The van der Waals surface area contributed by atoms with Gasteiger partial charge in [0.05, 0.1) is 12.2 Å². The molecule has 0 bridgehead atoms. The maximum Gasteiger partial charge on any atom is 0.335 e. The van der Waals surface area contributed by atoms with Crippen molar-refractivity contribution >= 4 is 5.97 Å². The molecular weight excluding hydrogens is 232 g/mol. The molecule has 0 unspecified atom stereocenters. The summed E-state index contributed by atoms with van der Waals surface area (Å²) in [5.41, 5.74) is 2.02. The number of carboxylic acid groups (broad SMARTS) is 1. The summed E-state index contributed by atoms with van der Waals surface area (Å²) >= 11 is 0. The molecule has 1 aromatic rings. The summed E-state index contributed by atoms with van der Waals surface area (Å²) in [6, 6.07) is 3.28. The van der Waals surface area contributed by atoms with E-state index in [9.17, 15) is 4.79 Å². The first kappa shape index (κ1) is 14.5. The zero-order valence-electron chi connectivity index (χ0n) is 11.2. The Hall–Kier alpha value is -1.55. The number of benzene rings is 1. The van der Waals surface area contributed by atoms with Gasteiger partial charge in [-0.05, 0) is 49.9 Å². The number of carboxylic acids is 1. The Bertz CT molecular complexity index is 389. The zero-order chi connectivity index (χ0) is 13.5. The van der Waals surface area contributed by atoms with E-state index in [1.54, 1.807) is 19.2 Å². The Morgan fingerprint density at radius 2 is 1.72 bits per heavy atom. The average molecular weight is 252 g/mol. The fourth-order valence-corrected chi connectivity index (χ4v) is 1.82. The second-order valence-electron chi connectivity index (χ2n) is 4.29. The maximum atomic E-state index is 10.9. The van der Waals surface area contributed by atoms with E-state index in [0.717, 1.165) is 36.3 Å². The number of hydrogen-bond acceptors (Lipinski definition) is 3. The number of unbranched alkanes of at least 4 members (excludes halogenated alkanes) is 1. The van der Waals surface area contributed by atoms with Crippen molar-refractivity contribution in [3.63, 3.8) is 0 Å². The Morgan fingerprint density at radius 1 is 1.17 bits per heavy atom. The van der Waals surface area contributed by atoms with Crippen molar-refractivity contribution in [2.24, 2.45) is 0 Å². The van der Waals surface area contributed by atoms with Crippen molar-refractivity contribution in [3.8, 4) is 5.75 Å². The minimum atomic E-state index is -0.909. The summed E-state index contributed by atoms with van der Waals surface area (Å²) in [4.78, 5) is 10.9. The largest absolute Gasteiger partial charge is 0.493 e. The molecule has 0 aliphatic carbocycles. The quantitative estimate of drug-likeness (QED) is 0.758. The second-order valence-corrected chi connectivity index (χ2v) is 4.29. The molecule has 0 aliphatic heterocycles. The number of aryl methyl sites for hydroxylation is 2. The molecule has 100 valence electrons. The van der Waals surface area contributed by atoms with Crippen LogP contribution in [0.3, 0.4) is 0 Å². The monoisotopic (exact) mass is 252 g/mol. The lowest BCUT2D eigenvalue weighted by molar-refractivity contribution is 0.0696. The van der Waals surface area contributed by atoms with Crippen molar-refractivity contribution in [1.82, 2.24) is 0 Å². The first-order valence-electron chi connectivity index (χ1n) is 6.02. The molecule has 4 heteroatoms. The first-order chi connectivity index (χ1) is 8.56. The third-order valence-electron chi connectivity index (χ3n) is 2.70. The Labute approximate surface area is 108 Å². The van der Waals surface area contributed by atoms with Gasteiger partial charge in [0.25, 0.3) is 0 Å². The lowest BCUT2D eigenvalue weighted by Gasteiger charge is -2.13. The number of methoxy groups -OCH3 is 1. The standard InChI is InChI=1S/C14H20O4/c1-10-8-12(14(15)16)9-11(2)13(10)18-7-5-4-6-17-3/h8-9H,4-7H2,1-3H3,(H,15,16). The van der Waals surface area contributed by atoms with E-state index in [1.807, 2.05) is 13.8 Å². The molecule has 0 radical (unpaired) electrons. The van der Waals surface area contributed by atoms with Crippen LogP contribution in [0.5, 0.6) is 5.75 Å². The topological polar surface area (TPSA) is 55.8 Å². The number of aromatic carboxylic acids is 1. The van der Waals surface area contributed by atoms with Crippen LogP contribution in [0.4, 0.5) is 0 Å². The minimum Gasteiger partial charge on any atom is -0.493 e. The lowest BCUT2D eigenvalue weighted by Crippen LogP contribution is -2.04. The molecule has 0 atom stereocenters. The molecule has 4 nitrogen and oxygen atoms in total. The van der Waals surface area contributed by atoms with Gasteiger partial charge < -0.3 is 14.6 Å². The van der Waals surface area contributed by atoms with Gasteiger partial charge in [0.15, 0.2) is 0 Å². The van der Waals surface area contributed by atoms with Crippen LogP contribution in [0.25, 0.3) is 0 Å². The molecule has 1 N–H and O–H groups in total. The van der Waals surface area contributed by atoms with Gasteiger partial charge in [-0.15, -0.1) is 0 Å². The van der Waals surface area contributed by atoms with Gasteiger partial charge >= 0.3 is 5.97 Å². The van der Waals surface area contributed by atoms with Crippen LogP contribution in [-0.4, -0.2) is 31.4 Å². The molecule has 0 fully saturated rings. The van der Waals surface area contributed by atoms with Gasteiger partial charge in [0.1, 0.15) is 5.75 Å². The normalized spacial score (nSPS) is 10.4. The zero-order valence-corrected chi connectivity index (χ0v) is 11.2. The summed E-state index contributed by atoms with van der Waals surface area (Å²) in [7, 11) is 1.68. The van der Waals surface area contributed by atoms with Crippen LogP contribution in [0.1, 0.15) is 34.3 Å². The molecular formula is C14H20O4. The first-order valence-corrected chi connectivity index (χ1v) is 6.02. The summed E-state index contributed by atoms with van der Waals surface area (Å²) in [6.07, 6.45) is 1.88. The summed E-state index contributed by atoms with van der Waals surface area (Å²) in [5, 5.41) is 8.94. The number of carbonyl (C=O) groups is 1. The van der Waals surface area contributed by atoms with Crippen LogP contribution in [-0.2, 0) is 4.74 Å². The van der Waals surface area contributed by atoms with E-state index in [0.29, 0.717) is 12.2 Å². The summed E-state index contributed by atoms with van der Waals surface area (Å²) < 4.78 is 10.7. The highest BCUT2D eigenvalue weighted by molar-refractivity contribution is 5.88. The van der Waals surface area contributed by atoms with E-state index in [4.69, 9.17) is 14.6 Å². The van der Waals surface area contributed by atoms with E-state index >= 15 is 0 Å². The highest BCUT2D eigenvalue weighted by Crippen LogP contribution is 2.25. The molecule has 0 amide bonds. The minimum absolute atomic E-state index is 0.303. The lowest BCUT2D eigenvalue weighted by atomic mass is 10.1. The molecule has 0 aromatic heterocycles. The van der Waals surface area contributed by atoms with Crippen molar-refractivity contribution in [3.05, 3.63) is 28.8 Å². The summed E-state index contributed by atoms with van der Waals surface area (Å²) in [5.74, 6) is -0.120. The van der Waals surface area contributed by atoms with Crippen molar-refractivity contribution in [1.29, 1.82) is 0 Å². The molecule has 0 heterocycles. The molecule has 18 heavy (non-hydrogen) atoms. The van der Waals surface area contributed by atoms with Crippen LogP contribution in [0.15, 0.2) is 12.1 Å². The average Bonchev–Trinajstić information content (AvgIpc) is 2.31. The highest BCUT2D eigenvalue weighted by atomic mass is 16.5. The SMILES string of the molecule is COCCCCOc1c(C)cc(C(=O)O)cc1C. The Kier molecular flexibility index (Phi) is 5.65. The summed E-state index contributed by atoms with van der Waals surface area (Å²) in [6.45, 7) is 5.09. The van der Waals surface area contributed by atoms with E-state index in [-0.39, 0.29) is 0 Å². The molecule has 0 saturated heterocycles. The van der Waals surface area contributed by atoms with Crippen molar-refractivity contribution in [2.75, 3.05) is 20.3 Å². The third-order valence-corrected chi connectivity index (χ3v) is 2.70. The van der Waals surface area contributed by atoms with E-state index in [1.165, 1.54) is 0 Å². The third kappa shape index (κ3) is 4.04. The van der Waals surface area contributed by atoms with E-state index in [2.05, 4.69) is 0 Å². The number of ether oxygens (including phenoxy) is 2. The van der Waals surface area contributed by atoms with Gasteiger partial charge in [0, 0.05) is 13.7 Å². The maximum absolute atomic E-state index is 10.9. The van der Waals surface area contributed by atoms with Crippen LogP contribution < -0.4 is 4.74 Å². The fraction of sp³-hybridized carbons (Fsp3) is 0.500. The Morgan fingerprint density at radius 3 is 2.22 bits per heavy atom. The fourth-order valence-electron chi connectivity index (χ4n) is 1.82. The van der Waals surface area contributed by atoms with E-state index < -0.39 is 5.97 Å². The second kappa shape index (κ2) is 7.01. The number of hydrogen-bond donors (Lipinski definition) is 1. The smallest absolute Gasteiger partial charge is 0.335 e. The van der Waals surface area contributed by atoms with Gasteiger partial charge in [-0.2, -0.15) is 0 Å². The predicted octanol–water partition coefficient (Wildman–Crippen LogP) is 2.81. The number of rotatable bonds is 7. The highest BCUT2D eigenvalue weighted by Gasteiger charge is 2.10. The predicted molar refractivity (Wildman–Crippen MR) is 69.5 cm³/mol. The molecule has 0 aliphatic rings. The van der Waals surface area contributed by atoms with Crippen LogP contribution in [0.2, 0.25) is 0 Å². The molecule has 1 aromatic carbocycles. The molecule has 0 spiro atoms. The van der Waals surface area contributed by atoms with Gasteiger partial charge in [-0.1, -0.05) is 0 Å². The van der Waals surface area contributed by atoms with Crippen molar-refractivity contribution in [2.45, 2.75) is 26.7 Å². The molecule has 0 saturated carbocycles. The van der Waals surface area contributed by atoms with Gasteiger partial charge in [-0.3, -0.25) is 0 Å². The van der Waals surface area contributed by atoms with Crippen LogP contribution in [0, 0.1) is 13.8 Å². The van der Waals surface area contributed by atoms with Gasteiger partial charge in [0.2, 0.25) is 0 Å². The van der Waals surface area contributed by atoms with Crippen molar-refractivity contribution < 1.29 is 19.4 Å².